The third kappa shape index (κ3) is 5.26. The average Bonchev–Trinajstić information content (AvgIpc) is 2.53. The molecule has 0 fully saturated rings. The van der Waals surface area contributed by atoms with E-state index in [-0.39, 0.29) is 6.04 Å². The van der Waals surface area contributed by atoms with Gasteiger partial charge >= 0.3 is 0 Å². The van der Waals surface area contributed by atoms with Crippen molar-refractivity contribution in [2.24, 2.45) is 10.9 Å². The molecule has 2 unspecified atom stereocenters. The van der Waals surface area contributed by atoms with Crippen molar-refractivity contribution >= 4 is 17.9 Å². The first kappa shape index (κ1) is 16.7. The summed E-state index contributed by atoms with van der Waals surface area (Å²) in [6, 6.07) is -0.0366. The fraction of sp³-hybridized carbons (Fsp3) is 0.471. The van der Waals surface area contributed by atoms with Gasteiger partial charge in [0.15, 0.2) is 11.5 Å². The highest BCUT2D eigenvalue weighted by atomic mass is 35.5. The molecule has 1 aliphatic heterocycles. The Bertz CT molecular complexity index is 521. The first-order chi connectivity index (χ1) is 10.7. The largest absolute Gasteiger partial charge is 0.493 e. The van der Waals surface area contributed by atoms with Gasteiger partial charge in [-0.15, -0.1) is 0 Å². The Balaban J connectivity index is 2.14. The number of ether oxygens (including phenoxy) is 2. The van der Waals surface area contributed by atoms with Gasteiger partial charge in [0.2, 0.25) is 0 Å². The van der Waals surface area contributed by atoms with Crippen LogP contribution in [0.25, 0.3) is 0 Å². The van der Waals surface area contributed by atoms with Crippen molar-refractivity contribution in [3.63, 3.8) is 0 Å². The number of aliphatic imine (C=N–C) groups is 1. The quantitative estimate of drug-likeness (QED) is 0.631. The Morgan fingerprint density at radius 3 is 2.95 bits per heavy atom. The van der Waals surface area contributed by atoms with Crippen LogP contribution in [0.15, 0.2) is 52.0 Å². The Hall–Kier alpha value is -1.68. The van der Waals surface area contributed by atoms with Crippen LogP contribution in [0.4, 0.5) is 0 Å². The normalized spacial score (nSPS) is 27.9. The van der Waals surface area contributed by atoms with E-state index in [4.69, 9.17) is 21.1 Å². The second-order valence-corrected chi connectivity index (χ2v) is 5.78. The molecule has 0 amide bonds. The molecule has 1 N–H and O–H groups in total. The van der Waals surface area contributed by atoms with E-state index in [1.165, 1.54) is 19.3 Å². The molecule has 4 nitrogen and oxygen atoms in total. The van der Waals surface area contributed by atoms with Crippen LogP contribution < -0.4 is 5.32 Å². The lowest BCUT2D eigenvalue weighted by Crippen LogP contribution is -2.13. The van der Waals surface area contributed by atoms with Gasteiger partial charge in [0.05, 0.1) is 26.1 Å². The number of hydrogen-bond donors (Lipinski definition) is 1. The van der Waals surface area contributed by atoms with Crippen molar-refractivity contribution in [2.75, 3.05) is 13.7 Å². The molecule has 1 heterocycles. The summed E-state index contributed by atoms with van der Waals surface area (Å²) >= 11 is 6.03. The zero-order valence-corrected chi connectivity index (χ0v) is 13.8. The first-order valence-electron chi connectivity index (χ1n) is 7.60. The van der Waals surface area contributed by atoms with Crippen molar-refractivity contribution in [3.05, 3.63) is 47.1 Å². The van der Waals surface area contributed by atoms with E-state index < -0.39 is 0 Å². The lowest BCUT2D eigenvalue weighted by molar-refractivity contribution is 0.150. The minimum Gasteiger partial charge on any atom is -0.493 e. The average molecular weight is 323 g/mol. The van der Waals surface area contributed by atoms with Crippen molar-refractivity contribution in [3.8, 4) is 0 Å². The van der Waals surface area contributed by atoms with Crippen molar-refractivity contribution in [1.29, 1.82) is 0 Å². The zero-order chi connectivity index (χ0) is 15.8. The molecule has 0 saturated carbocycles. The predicted octanol–water partition coefficient (Wildman–Crippen LogP) is 3.87. The van der Waals surface area contributed by atoms with Crippen LogP contribution in [0, 0.1) is 5.92 Å². The molecule has 22 heavy (non-hydrogen) atoms. The van der Waals surface area contributed by atoms with Crippen LogP contribution >= 0.6 is 11.6 Å². The van der Waals surface area contributed by atoms with Gasteiger partial charge in [-0.25, -0.2) is 0 Å². The monoisotopic (exact) mass is 322 g/mol. The molecule has 2 aliphatic rings. The topological polar surface area (TPSA) is 42.8 Å². The fourth-order valence-corrected chi connectivity index (χ4v) is 2.46. The van der Waals surface area contributed by atoms with E-state index in [0.29, 0.717) is 29.2 Å². The molecule has 0 aromatic heterocycles. The van der Waals surface area contributed by atoms with E-state index >= 15 is 0 Å². The number of hydrogen-bond acceptors (Lipinski definition) is 4. The van der Waals surface area contributed by atoms with E-state index in [2.05, 4.69) is 22.5 Å². The van der Waals surface area contributed by atoms with E-state index in [0.717, 1.165) is 0 Å². The Morgan fingerprint density at radius 1 is 1.36 bits per heavy atom. The maximum Gasteiger partial charge on any atom is 0.160 e. The molecule has 120 valence electrons. The molecule has 0 aromatic carbocycles. The molecule has 5 heteroatoms. The lowest BCUT2D eigenvalue weighted by atomic mass is 9.97. The first-order valence-corrected chi connectivity index (χ1v) is 7.98. The summed E-state index contributed by atoms with van der Waals surface area (Å²) in [5.41, 5.74) is 0. The molecule has 0 radical (unpaired) electrons. The van der Waals surface area contributed by atoms with Gasteiger partial charge in [0.25, 0.3) is 0 Å². The summed E-state index contributed by atoms with van der Waals surface area (Å²) in [6.07, 6.45) is 15.1. The fourth-order valence-electron chi connectivity index (χ4n) is 2.35. The number of allylic oxidation sites excluding steroid dienone is 3. The highest BCUT2D eigenvalue weighted by Crippen LogP contribution is 2.21. The summed E-state index contributed by atoms with van der Waals surface area (Å²) in [5.74, 6) is 1.81. The summed E-state index contributed by atoms with van der Waals surface area (Å²) in [5, 5.41) is 3.36. The van der Waals surface area contributed by atoms with Gasteiger partial charge in [-0.1, -0.05) is 23.8 Å². The number of nitrogens with one attached hydrogen (secondary N) is 1. The zero-order valence-electron chi connectivity index (χ0n) is 13.1. The summed E-state index contributed by atoms with van der Waals surface area (Å²) < 4.78 is 11.5. The Labute approximate surface area is 137 Å². The van der Waals surface area contributed by atoms with Crippen molar-refractivity contribution in [2.45, 2.75) is 32.2 Å². The molecule has 0 spiro atoms. The van der Waals surface area contributed by atoms with E-state index in [1.807, 2.05) is 13.0 Å². The number of methoxy groups -OCH3 is 1. The second-order valence-electron chi connectivity index (χ2n) is 5.37. The molecular weight excluding hydrogens is 300 g/mol. The summed E-state index contributed by atoms with van der Waals surface area (Å²) in [7, 11) is 1.62. The van der Waals surface area contributed by atoms with E-state index in [9.17, 15) is 0 Å². The van der Waals surface area contributed by atoms with Crippen LogP contribution in [-0.2, 0) is 9.47 Å². The third-order valence-electron chi connectivity index (χ3n) is 3.56. The third-order valence-corrected chi connectivity index (χ3v) is 3.79. The minimum absolute atomic E-state index is 0.0366. The molecule has 0 saturated heterocycles. The summed E-state index contributed by atoms with van der Waals surface area (Å²) in [4.78, 5) is 4.33. The highest BCUT2D eigenvalue weighted by Gasteiger charge is 2.14. The van der Waals surface area contributed by atoms with Crippen LogP contribution in [0.2, 0.25) is 0 Å². The van der Waals surface area contributed by atoms with Crippen LogP contribution in [0.5, 0.6) is 0 Å². The van der Waals surface area contributed by atoms with Gasteiger partial charge < -0.3 is 14.8 Å². The van der Waals surface area contributed by atoms with Crippen molar-refractivity contribution in [1.82, 2.24) is 5.32 Å². The van der Waals surface area contributed by atoms with Gasteiger partial charge in [-0.2, -0.15) is 0 Å². The van der Waals surface area contributed by atoms with Crippen LogP contribution in [0.3, 0.4) is 0 Å². The number of rotatable bonds is 4. The second kappa shape index (κ2) is 8.69. The number of nitrogens with zero attached hydrogens (tertiary/aromatic N) is 1. The maximum atomic E-state index is 6.03. The van der Waals surface area contributed by atoms with E-state index in [1.54, 1.807) is 25.6 Å². The van der Waals surface area contributed by atoms with Gasteiger partial charge in [0.1, 0.15) is 5.16 Å². The molecule has 2 atom stereocenters. The standard InChI is InChI=1S/C17H23ClN2O2/c1-13-10-16(22-11-14-6-4-3-5-7-14)15(21-2)8-9-17(18)20-12-19-13/h4,6,8-10,12-14H,3,5,7,11H2,1-2H3,(H,19,20)/b15-8+,16-10?,17-9?. The van der Waals surface area contributed by atoms with Gasteiger partial charge in [-0.3, -0.25) is 4.99 Å². The van der Waals surface area contributed by atoms with Crippen LogP contribution in [-0.4, -0.2) is 26.1 Å². The molecule has 1 aliphatic carbocycles. The highest BCUT2D eigenvalue weighted by molar-refractivity contribution is 6.30. The number of halogens is 1. The summed E-state index contributed by atoms with van der Waals surface area (Å²) in [6.45, 7) is 2.63. The maximum absolute atomic E-state index is 6.03. The predicted molar refractivity (Wildman–Crippen MR) is 90.6 cm³/mol. The Kier molecular flexibility index (Phi) is 6.59. The molecule has 0 bridgehead atoms. The minimum atomic E-state index is -0.0366. The van der Waals surface area contributed by atoms with Crippen LogP contribution in [0.1, 0.15) is 26.2 Å². The SMILES string of the molecule is CO/C1=C/C=C(Cl)NC=NC(C)C=C1OCC1C=CCCC1. The molecule has 2 rings (SSSR count). The molecular formula is C17H23ClN2O2. The molecule has 0 aromatic rings. The van der Waals surface area contributed by atoms with Crippen molar-refractivity contribution < 1.29 is 9.47 Å². The Morgan fingerprint density at radius 2 is 2.23 bits per heavy atom. The van der Waals surface area contributed by atoms with Gasteiger partial charge in [-0.05, 0) is 44.4 Å². The van der Waals surface area contributed by atoms with Gasteiger partial charge in [0, 0.05) is 5.92 Å². The smallest absolute Gasteiger partial charge is 0.160 e. The lowest BCUT2D eigenvalue weighted by Gasteiger charge is -2.20.